The van der Waals surface area contributed by atoms with Gasteiger partial charge in [0.15, 0.2) is 0 Å². The van der Waals surface area contributed by atoms with E-state index in [1.54, 1.807) is 24.5 Å². The first kappa shape index (κ1) is 17.5. The number of rotatable bonds is 5. The zero-order chi connectivity index (χ0) is 18.7. The number of pyridine rings is 1. The molecule has 1 amide bonds. The van der Waals surface area contributed by atoms with Gasteiger partial charge in [-0.05, 0) is 12.1 Å². The Morgan fingerprint density at radius 1 is 1.23 bits per heavy atom. The van der Waals surface area contributed by atoms with Crippen LogP contribution in [0.15, 0.2) is 41.2 Å². The van der Waals surface area contributed by atoms with Crippen LogP contribution in [-0.4, -0.2) is 40.1 Å². The van der Waals surface area contributed by atoms with Gasteiger partial charge in [-0.3, -0.25) is 9.78 Å². The number of carbonyl (C=O) groups excluding carboxylic acids is 1. The van der Waals surface area contributed by atoms with E-state index in [-0.39, 0.29) is 18.2 Å². The van der Waals surface area contributed by atoms with Crippen molar-refractivity contribution in [1.29, 1.82) is 0 Å². The average Bonchev–Trinajstić information content (AvgIpc) is 3.10. The van der Waals surface area contributed by atoms with Gasteiger partial charge in [-0.25, -0.2) is 8.78 Å². The second-order valence-corrected chi connectivity index (χ2v) is 5.37. The molecule has 2 heterocycles. The average molecular weight is 360 g/mol. The number of ether oxygens (including phenoxy) is 1. The summed E-state index contributed by atoms with van der Waals surface area (Å²) in [5, 5.41) is 3.81. The number of hydrogen-bond acceptors (Lipinski definition) is 6. The molecule has 0 aliphatic heterocycles. The van der Waals surface area contributed by atoms with Gasteiger partial charge in [0.25, 0.3) is 5.91 Å². The Bertz CT molecular complexity index is 908. The van der Waals surface area contributed by atoms with Crippen molar-refractivity contribution in [3.05, 3.63) is 59.7 Å². The van der Waals surface area contributed by atoms with E-state index in [0.29, 0.717) is 11.4 Å². The quantitative estimate of drug-likeness (QED) is 0.696. The minimum atomic E-state index is -1.01. The second kappa shape index (κ2) is 7.26. The summed E-state index contributed by atoms with van der Waals surface area (Å²) in [5.41, 5.74) is 0.0124. The first-order valence-electron chi connectivity index (χ1n) is 7.51. The maximum Gasteiger partial charge on any atom is 0.260 e. The summed E-state index contributed by atoms with van der Waals surface area (Å²) in [6.45, 7) is -0.109. The molecule has 7 nitrogen and oxygen atoms in total. The number of amides is 1. The zero-order valence-electron chi connectivity index (χ0n) is 13.9. The van der Waals surface area contributed by atoms with Crippen LogP contribution in [0.2, 0.25) is 0 Å². The van der Waals surface area contributed by atoms with E-state index >= 15 is 0 Å². The Labute approximate surface area is 147 Å². The molecule has 0 radical (unpaired) electrons. The zero-order valence-corrected chi connectivity index (χ0v) is 13.9. The molecule has 0 spiro atoms. The van der Waals surface area contributed by atoms with Crippen molar-refractivity contribution in [1.82, 2.24) is 20.0 Å². The molecule has 1 aromatic carbocycles. The molecular weight excluding hydrogens is 346 g/mol. The van der Waals surface area contributed by atoms with E-state index in [2.05, 4.69) is 15.1 Å². The maximum absolute atomic E-state index is 14.0. The van der Waals surface area contributed by atoms with Crippen LogP contribution < -0.4 is 4.74 Å². The topological polar surface area (TPSA) is 81.4 Å². The summed E-state index contributed by atoms with van der Waals surface area (Å²) in [4.78, 5) is 21.5. The Morgan fingerprint density at radius 2 is 1.88 bits per heavy atom. The fraction of sp³-hybridized carbons (Fsp3) is 0.176. The van der Waals surface area contributed by atoms with Crippen molar-refractivity contribution in [2.45, 2.75) is 6.54 Å². The van der Waals surface area contributed by atoms with E-state index in [1.807, 2.05) is 0 Å². The summed E-state index contributed by atoms with van der Waals surface area (Å²) >= 11 is 0. The molecular formula is C17H14F2N4O3. The van der Waals surface area contributed by atoms with Gasteiger partial charge in [0.05, 0.1) is 7.11 Å². The predicted octanol–water partition coefficient (Wildman–Crippen LogP) is 2.69. The number of halogens is 2. The van der Waals surface area contributed by atoms with Crippen LogP contribution in [0.4, 0.5) is 8.78 Å². The Balaban J connectivity index is 1.77. The smallest absolute Gasteiger partial charge is 0.260 e. The highest BCUT2D eigenvalue weighted by molar-refractivity contribution is 5.94. The van der Waals surface area contributed by atoms with Crippen molar-refractivity contribution in [3.63, 3.8) is 0 Å². The van der Waals surface area contributed by atoms with Gasteiger partial charge in [0.2, 0.25) is 11.7 Å². The molecule has 0 N–H and O–H groups in total. The largest absolute Gasteiger partial charge is 0.497 e. The van der Waals surface area contributed by atoms with Crippen LogP contribution >= 0.6 is 0 Å². The predicted molar refractivity (Wildman–Crippen MR) is 86.2 cm³/mol. The van der Waals surface area contributed by atoms with Crippen LogP contribution in [0.5, 0.6) is 5.75 Å². The van der Waals surface area contributed by atoms with Crippen LogP contribution in [0.25, 0.3) is 11.4 Å². The third-order valence-electron chi connectivity index (χ3n) is 3.59. The minimum absolute atomic E-state index is 0.0157. The summed E-state index contributed by atoms with van der Waals surface area (Å²) in [5.74, 6) is -2.44. The van der Waals surface area contributed by atoms with Gasteiger partial charge in [0, 0.05) is 37.1 Å². The molecule has 0 saturated heterocycles. The third-order valence-corrected chi connectivity index (χ3v) is 3.59. The number of nitrogens with zero attached hydrogens (tertiary/aromatic N) is 4. The highest BCUT2D eigenvalue weighted by Crippen LogP contribution is 2.22. The molecule has 0 aliphatic rings. The van der Waals surface area contributed by atoms with Crippen LogP contribution in [-0.2, 0) is 6.54 Å². The molecule has 2 aromatic heterocycles. The van der Waals surface area contributed by atoms with Gasteiger partial charge in [-0.2, -0.15) is 4.98 Å². The number of benzene rings is 1. The summed E-state index contributed by atoms with van der Waals surface area (Å²) in [7, 11) is 2.65. The van der Waals surface area contributed by atoms with Crippen molar-refractivity contribution in [2.24, 2.45) is 0 Å². The number of hydrogen-bond donors (Lipinski definition) is 0. The van der Waals surface area contributed by atoms with Crippen molar-refractivity contribution >= 4 is 5.91 Å². The molecule has 0 aliphatic carbocycles. The fourth-order valence-electron chi connectivity index (χ4n) is 2.27. The van der Waals surface area contributed by atoms with Gasteiger partial charge in [-0.15, -0.1) is 0 Å². The normalized spacial score (nSPS) is 10.6. The van der Waals surface area contributed by atoms with Gasteiger partial charge in [0.1, 0.15) is 29.5 Å². The minimum Gasteiger partial charge on any atom is -0.497 e. The SMILES string of the molecule is COc1cc(F)c(C(=O)N(C)Cc2nc(-c3ccncc3)no2)c(F)c1. The van der Waals surface area contributed by atoms with E-state index in [9.17, 15) is 13.6 Å². The lowest BCUT2D eigenvalue weighted by Crippen LogP contribution is -2.28. The third kappa shape index (κ3) is 3.51. The molecule has 9 heteroatoms. The van der Waals surface area contributed by atoms with Crippen LogP contribution in [0.3, 0.4) is 0 Å². The van der Waals surface area contributed by atoms with Crippen LogP contribution in [0, 0.1) is 11.6 Å². The first-order valence-corrected chi connectivity index (χ1v) is 7.51. The lowest BCUT2D eigenvalue weighted by Gasteiger charge is -2.16. The Kier molecular flexibility index (Phi) is 4.87. The fourth-order valence-corrected chi connectivity index (χ4v) is 2.27. The lowest BCUT2D eigenvalue weighted by molar-refractivity contribution is 0.0759. The lowest BCUT2D eigenvalue weighted by atomic mass is 10.1. The van der Waals surface area contributed by atoms with Gasteiger partial charge in [-0.1, -0.05) is 5.16 Å². The first-order chi connectivity index (χ1) is 12.5. The van der Waals surface area contributed by atoms with E-state index in [4.69, 9.17) is 9.26 Å². The molecule has 0 bridgehead atoms. The molecule has 0 saturated carbocycles. The second-order valence-electron chi connectivity index (χ2n) is 5.37. The Morgan fingerprint density at radius 3 is 2.50 bits per heavy atom. The van der Waals surface area contributed by atoms with E-state index < -0.39 is 23.1 Å². The Hall–Kier alpha value is -3.36. The molecule has 0 atom stereocenters. The van der Waals surface area contributed by atoms with Crippen molar-refractivity contribution < 1.29 is 22.8 Å². The number of carbonyl (C=O) groups is 1. The maximum atomic E-state index is 14.0. The van der Waals surface area contributed by atoms with Gasteiger partial charge >= 0.3 is 0 Å². The molecule has 26 heavy (non-hydrogen) atoms. The number of aromatic nitrogens is 3. The summed E-state index contributed by atoms with van der Waals surface area (Å²) in [6, 6.07) is 5.29. The van der Waals surface area contributed by atoms with Crippen LogP contribution in [0.1, 0.15) is 16.2 Å². The molecule has 3 aromatic rings. The highest BCUT2D eigenvalue weighted by atomic mass is 19.1. The number of methoxy groups -OCH3 is 1. The summed E-state index contributed by atoms with van der Waals surface area (Å²) < 4.78 is 38.0. The molecule has 134 valence electrons. The molecule has 3 rings (SSSR count). The summed E-state index contributed by atoms with van der Waals surface area (Å²) in [6.07, 6.45) is 3.16. The standard InChI is InChI=1S/C17H14F2N4O3/c1-23(17(24)15-12(18)7-11(25-2)8-13(15)19)9-14-21-16(22-26-14)10-3-5-20-6-4-10/h3-8H,9H2,1-2H3. The highest BCUT2D eigenvalue weighted by Gasteiger charge is 2.23. The van der Waals surface area contributed by atoms with E-state index in [1.165, 1.54) is 14.2 Å². The van der Waals surface area contributed by atoms with Crippen molar-refractivity contribution in [3.8, 4) is 17.1 Å². The van der Waals surface area contributed by atoms with Gasteiger partial charge < -0.3 is 14.2 Å². The molecule has 0 fully saturated rings. The monoisotopic (exact) mass is 360 g/mol. The van der Waals surface area contributed by atoms with Crippen molar-refractivity contribution in [2.75, 3.05) is 14.2 Å². The van der Waals surface area contributed by atoms with E-state index in [0.717, 1.165) is 17.0 Å². The molecule has 0 unspecified atom stereocenters.